The third kappa shape index (κ3) is 4.66. The van der Waals surface area contributed by atoms with Crippen LogP contribution in [0, 0.1) is 19.8 Å². The molecule has 25 heavy (non-hydrogen) atoms. The Morgan fingerprint density at radius 1 is 0.960 bits per heavy atom. The van der Waals surface area contributed by atoms with Crippen LogP contribution in [0.25, 0.3) is 0 Å². The van der Waals surface area contributed by atoms with E-state index in [4.69, 9.17) is 0 Å². The van der Waals surface area contributed by atoms with Crippen molar-refractivity contribution in [1.29, 1.82) is 0 Å². The van der Waals surface area contributed by atoms with Crippen molar-refractivity contribution in [2.24, 2.45) is 5.92 Å². The van der Waals surface area contributed by atoms with Crippen molar-refractivity contribution in [3.63, 3.8) is 0 Å². The summed E-state index contributed by atoms with van der Waals surface area (Å²) in [6.45, 7) is 12.2. The molecule has 1 aromatic heterocycles. The number of piperidine rings is 1. The first-order valence-corrected chi connectivity index (χ1v) is 9.68. The number of likely N-dealkylation sites (tertiary alicyclic amines) is 1. The van der Waals surface area contributed by atoms with Gasteiger partial charge in [0.25, 0.3) is 0 Å². The summed E-state index contributed by atoms with van der Waals surface area (Å²) in [5.74, 6) is 1.78. The highest BCUT2D eigenvalue weighted by molar-refractivity contribution is 5.31. The molecule has 3 heteroatoms. The fourth-order valence-corrected chi connectivity index (χ4v) is 3.70. The molecule has 0 aliphatic carbocycles. The van der Waals surface area contributed by atoms with Crippen LogP contribution in [0.5, 0.6) is 0 Å². The van der Waals surface area contributed by atoms with Crippen molar-refractivity contribution in [1.82, 2.24) is 14.9 Å². The van der Waals surface area contributed by atoms with Gasteiger partial charge in [0.2, 0.25) is 0 Å². The van der Waals surface area contributed by atoms with E-state index in [2.05, 4.69) is 59.9 Å². The number of hydrogen-bond acceptors (Lipinski definition) is 3. The summed E-state index contributed by atoms with van der Waals surface area (Å²) >= 11 is 0. The molecule has 2 aromatic rings. The standard InChI is InChI=1S/C22H31N3/c1-5-21-17(3)22(24-18(4)23-21)14-19-6-8-20(9-7-19)15-25-12-10-16(2)11-13-25/h6-9,16H,5,10-15H2,1-4H3. The first-order valence-electron chi connectivity index (χ1n) is 9.68. The molecule has 0 spiro atoms. The Hall–Kier alpha value is -1.74. The molecule has 0 atom stereocenters. The first-order chi connectivity index (χ1) is 12.0. The van der Waals surface area contributed by atoms with E-state index in [0.717, 1.165) is 31.1 Å². The van der Waals surface area contributed by atoms with Crippen LogP contribution in [-0.4, -0.2) is 28.0 Å². The van der Waals surface area contributed by atoms with E-state index in [1.807, 2.05) is 6.92 Å². The summed E-state index contributed by atoms with van der Waals surface area (Å²) in [5.41, 5.74) is 6.35. The average molecular weight is 338 g/mol. The van der Waals surface area contributed by atoms with E-state index in [1.165, 1.54) is 54.0 Å². The highest BCUT2D eigenvalue weighted by Crippen LogP contribution is 2.19. The van der Waals surface area contributed by atoms with Crippen LogP contribution in [0.2, 0.25) is 0 Å². The Balaban J connectivity index is 1.66. The number of aromatic nitrogens is 2. The fraction of sp³-hybridized carbons (Fsp3) is 0.545. The van der Waals surface area contributed by atoms with Crippen LogP contribution in [0.15, 0.2) is 24.3 Å². The largest absolute Gasteiger partial charge is 0.299 e. The number of benzene rings is 1. The van der Waals surface area contributed by atoms with Crippen molar-refractivity contribution in [2.45, 2.75) is 59.9 Å². The molecule has 0 radical (unpaired) electrons. The normalized spacial score (nSPS) is 16.3. The highest BCUT2D eigenvalue weighted by Gasteiger charge is 2.15. The molecule has 1 saturated heterocycles. The zero-order valence-corrected chi connectivity index (χ0v) is 16.2. The molecule has 0 bridgehead atoms. The highest BCUT2D eigenvalue weighted by atomic mass is 15.1. The number of aryl methyl sites for hydroxylation is 2. The Labute approximate surface area is 152 Å². The molecule has 0 saturated carbocycles. The van der Waals surface area contributed by atoms with Crippen molar-refractivity contribution >= 4 is 0 Å². The third-order valence-electron chi connectivity index (χ3n) is 5.47. The van der Waals surface area contributed by atoms with E-state index >= 15 is 0 Å². The molecule has 0 unspecified atom stereocenters. The van der Waals surface area contributed by atoms with Crippen LogP contribution in [-0.2, 0) is 19.4 Å². The lowest BCUT2D eigenvalue weighted by Crippen LogP contribution is -2.32. The summed E-state index contributed by atoms with van der Waals surface area (Å²) < 4.78 is 0. The van der Waals surface area contributed by atoms with Gasteiger partial charge in [-0.2, -0.15) is 0 Å². The van der Waals surface area contributed by atoms with Crippen molar-refractivity contribution in [3.8, 4) is 0 Å². The van der Waals surface area contributed by atoms with Crippen LogP contribution < -0.4 is 0 Å². The predicted octanol–water partition coefficient (Wildman–Crippen LogP) is 4.48. The molecule has 134 valence electrons. The maximum absolute atomic E-state index is 4.68. The minimum absolute atomic E-state index is 0.883. The van der Waals surface area contributed by atoms with Crippen LogP contribution >= 0.6 is 0 Å². The molecule has 3 nitrogen and oxygen atoms in total. The SMILES string of the molecule is CCc1nc(C)nc(Cc2ccc(CN3CCC(C)CC3)cc2)c1C. The predicted molar refractivity (Wildman–Crippen MR) is 104 cm³/mol. The molecule has 2 heterocycles. The van der Waals surface area contributed by atoms with Crippen LogP contribution in [0.4, 0.5) is 0 Å². The van der Waals surface area contributed by atoms with Crippen LogP contribution in [0.1, 0.15) is 60.6 Å². The zero-order valence-electron chi connectivity index (χ0n) is 16.2. The Morgan fingerprint density at radius 3 is 2.20 bits per heavy atom. The van der Waals surface area contributed by atoms with Crippen molar-refractivity contribution in [2.75, 3.05) is 13.1 Å². The second-order valence-corrected chi connectivity index (χ2v) is 7.59. The smallest absolute Gasteiger partial charge is 0.125 e. The Kier molecular flexibility index (Phi) is 5.85. The topological polar surface area (TPSA) is 29.0 Å². The first kappa shape index (κ1) is 18.1. The van der Waals surface area contributed by atoms with E-state index in [0.29, 0.717) is 0 Å². The van der Waals surface area contributed by atoms with Gasteiger partial charge in [-0.05, 0) is 68.8 Å². The Morgan fingerprint density at radius 2 is 1.56 bits per heavy atom. The van der Waals surface area contributed by atoms with Gasteiger partial charge in [0, 0.05) is 18.7 Å². The molecule has 1 aromatic carbocycles. The number of nitrogens with zero attached hydrogens (tertiary/aromatic N) is 3. The van der Waals surface area contributed by atoms with Crippen molar-refractivity contribution < 1.29 is 0 Å². The van der Waals surface area contributed by atoms with Gasteiger partial charge in [0.1, 0.15) is 5.82 Å². The van der Waals surface area contributed by atoms with Gasteiger partial charge < -0.3 is 0 Å². The minimum atomic E-state index is 0.883. The maximum atomic E-state index is 4.68. The lowest BCUT2D eigenvalue weighted by molar-refractivity contribution is 0.185. The van der Waals surface area contributed by atoms with Gasteiger partial charge >= 0.3 is 0 Å². The molecule has 0 amide bonds. The molecule has 3 rings (SSSR count). The van der Waals surface area contributed by atoms with Gasteiger partial charge in [-0.3, -0.25) is 4.90 Å². The number of rotatable bonds is 5. The molecule has 1 aliphatic heterocycles. The summed E-state index contributed by atoms with van der Waals surface area (Å²) in [7, 11) is 0. The van der Waals surface area contributed by atoms with Gasteiger partial charge in [0.05, 0.1) is 5.69 Å². The lowest BCUT2D eigenvalue weighted by atomic mass is 9.98. The minimum Gasteiger partial charge on any atom is -0.299 e. The zero-order chi connectivity index (χ0) is 17.8. The summed E-state index contributed by atoms with van der Waals surface area (Å²) in [4.78, 5) is 11.8. The third-order valence-corrected chi connectivity index (χ3v) is 5.47. The second kappa shape index (κ2) is 8.09. The summed E-state index contributed by atoms with van der Waals surface area (Å²) in [5, 5.41) is 0. The molecule has 1 aliphatic rings. The average Bonchev–Trinajstić information content (AvgIpc) is 2.61. The van der Waals surface area contributed by atoms with E-state index in [-0.39, 0.29) is 0 Å². The van der Waals surface area contributed by atoms with E-state index in [1.54, 1.807) is 0 Å². The lowest BCUT2D eigenvalue weighted by Gasteiger charge is -2.30. The summed E-state index contributed by atoms with van der Waals surface area (Å²) in [6.07, 6.45) is 4.54. The van der Waals surface area contributed by atoms with Gasteiger partial charge in [-0.1, -0.05) is 38.1 Å². The maximum Gasteiger partial charge on any atom is 0.125 e. The fourth-order valence-electron chi connectivity index (χ4n) is 3.70. The Bertz CT molecular complexity index is 698. The monoisotopic (exact) mass is 337 g/mol. The van der Waals surface area contributed by atoms with E-state index in [9.17, 15) is 0 Å². The van der Waals surface area contributed by atoms with E-state index < -0.39 is 0 Å². The molecular formula is C22H31N3. The number of hydrogen-bond donors (Lipinski definition) is 0. The van der Waals surface area contributed by atoms with Gasteiger partial charge in [-0.15, -0.1) is 0 Å². The molecule has 0 N–H and O–H groups in total. The van der Waals surface area contributed by atoms with Crippen LogP contribution in [0.3, 0.4) is 0 Å². The van der Waals surface area contributed by atoms with Gasteiger partial charge in [0.15, 0.2) is 0 Å². The second-order valence-electron chi connectivity index (χ2n) is 7.59. The van der Waals surface area contributed by atoms with Gasteiger partial charge in [-0.25, -0.2) is 9.97 Å². The summed E-state index contributed by atoms with van der Waals surface area (Å²) in [6, 6.07) is 9.11. The molecular weight excluding hydrogens is 306 g/mol. The quantitative estimate of drug-likeness (QED) is 0.805. The molecule has 1 fully saturated rings. The van der Waals surface area contributed by atoms with Crippen molar-refractivity contribution in [3.05, 3.63) is 58.2 Å².